The topological polar surface area (TPSA) is 46.8 Å². The largest absolute Gasteiger partial charge is 0.445 e. The number of carbonyl (C=O) groups excluding carboxylic acids is 1. The van der Waals surface area contributed by atoms with Crippen LogP contribution in [0.3, 0.4) is 0 Å². The average Bonchev–Trinajstić information content (AvgIpc) is 3.27. The third-order valence-corrected chi connectivity index (χ3v) is 5.28. The maximum Gasteiger partial charge on any atom is 0.410 e. The molecule has 0 N–H and O–H groups in total. The summed E-state index contributed by atoms with van der Waals surface area (Å²) in [6, 6.07) is 11.8. The molecular formula is C20H20BrN3O2. The lowest BCUT2D eigenvalue weighted by Crippen LogP contribution is -2.31. The minimum absolute atomic E-state index is 0.0367. The zero-order valence-corrected chi connectivity index (χ0v) is 16.1. The number of carbonyl (C=O) groups is 1. The number of halogens is 1. The first-order chi connectivity index (χ1) is 12.6. The van der Waals surface area contributed by atoms with Crippen LogP contribution < -0.4 is 0 Å². The predicted molar refractivity (Wildman–Crippen MR) is 103 cm³/mol. The Bertz CT molecular complexity index is 939. The van der Waals surface area contributed by atoms with Gasteiger partial charge >= 0.3 is 6.09 Å². The molecule has 0 bridgehead atoms. The molecule has 1 fully saturated rings. The van der Waals surface area contributed by atoms with E-state index in [1.165, 1.54) is 0 Å². The molecule has 1 aromatic carbocycles. The summed E-state index contributed by atoms with van der Waals surface area (Å²) >= 11 is 3.58. The maximum atomic E-state index is 12.6. The fraction of sp³-hybridized carbons (Fsp3) is 0.300. The smallest absolute Gasteiger partial charge is 0.410 e. The second-order valence-electron chi connectivity index (χ2n) is 6.65. The zero-order valence-electron chi connectivity index (χ0n) is 14.6. The Labute approximate surface area is 160 Å². The molecule has 1 aliphatic rings. The molecule has 0 unspecified atom stereocenters. The molecule has 3 aromatic rings. The molecule has 3 heterocycles. The van der Waals surface area contributed by atoms with Crippen LogP contribution in [0.15, 0.2) is 53.3 Å². The summed E-state index contributed by atoms with van der Waals surface area (Å²) in [6.45, 7) is 3.04. The van der Waals surface area contributed by atoms with Crippen molar-refractivity contribution in [1.29, 1.82) is 0 Å². The Morgan fingerprint density at radius 1 is 1.31 bits per heavy atom. The van der Waals surface area contributed by atoms with Gasteiger partial charge in [0.1, 0.15) is 6.61 Å². The van der Waals surface area contributed by atoms with E-state index < -0.39 is 0 Å². The van der Waals surface area contributed by atoms with Crippen LogP contribution in [0.4, 0.5) is 4.79 Å². The predicted octanol–water partition coefficient (Wildman–Crippen LogP) is 4.88. The van der Waals surface area contributed by atoms with Crippen molar-refractivity contribution in [3.8, 4) is 0 Å². The van der Waals surface area contributed by atoms with Gasteiger partial charge in [-0.1, -0.05) is 30.3 Å². The summed E-state index contributed by atoms with van der Waals surface area (Å²) in [6.07, 6.45) is 5.65. The van der Waals surface area contributed by atoms with Crippen molar-refractivity contribution >= 4 is 27.7 Å². The summed E-state index contributed by atoms with van der Waals surface area (Å²) in [5.41, 5.74) is 3.92. The molecule has 1 amide bonds. The second-order valence-corrected chi connectivity index (χ2v) is 7.51. The number of amides is 1. The Kier molecular flexibility index (Phi) is 4.68. The lowest BCUT2D eigenvalue weighted by molar-refractivity contribution is 0.0915. The van der Waals surface area contributed by atoms with Gasteiger partial charge in [0.2, 0.25) is 0 Å². The SMILES string of the molecule is Cc1cc(Br)c2nc([C@@H]3CCCN3C(=O)OCc3ccccc3)cn2c1. The summed E-state index contributed by atoms with van der Waals surface area (Å²) < 4.78 is 8.50. The number of pyridine rings is 1. The minimum atomic E-state index is -0.274. The molecule has 1 aliphatic heterocycles. The number of rotatable bonds is 3. The second kappa shape index (κ2) is 7.11. The van der Waals surface area contributed by atoms with Crippen molar-refractivity contribution in [3.05, 3.63) is 70.1 Å². The number of aromatic nitrogens is 2. The van der Waals surface area contributed by atoms with E-state index in [0.717, 1.165) is 39.8 Å². The molecule has 0 aliphatic carbocycles. The summed E-state index contributed by atoms with van der Waals surface area (Å²) in [4.78, 5) is 19.1. The molecule has 4 rings (SSSR count). The van der Waals surface area contributed by atoms with Crippen LogP contribution in [-0.2, 0) is 11.3 Å². The van der Waals surface area contributed by atoms with Crippen LogP contribution in [-0.4, -0.2) is 26.9 Å². The minimum Gasteiger partial charge on any atom is -0.445 e. The van der Waals surface area contributed by atoms with E-state index in [4.69, 9.17) is 9.72 Å². The number of benzene rings is 1. The number of nitrogens with zero attached hydrogens (tertiary/aromatic N) is 3. The van der Waals surface area contributed by atoms with Gasteiger partial charge in [-0.25, -0.2) is 9.78 Å². The molecule has 26 heavy (non-hydrogen) atoms. The highest BCUT2D eigenvalue weighted by Gasteiger charge is 2.33. The number of ether oxygens (including phenoxy) is 1. The van der Waals surface area contributed by atoms with Gasteiger partial charge in [-0.05, 0) is 52.9 Å². The van der Waals surface area contributed by atoms with Gasteiger partial charge in [0.15, 0.2) is 5.65 Å². The highest BCUT2D eigenvalue weighted by atomic mass is 79.9. The molecule has 2 aromatic heterocycles. The number of imidazole rings is 1. The molecule has 1 saturated heterocycles. The molecule has 0 saturated carbocycles. The number of likely N-dealkylation sites (tertiary alicyclic amines) is 1. The number of aryl methyl sites for hydroxylation is 1. The summed E-state index contributed by atoms with van der Waals surface area (Å²) in [5.74, 6) is 0. The zero-order chi connectivity index (χ0) is 18.1. The lowest BCUT2D eigenvalue weighted by atomic mass is 10.2. The van der Waals surface area contributed by atoms with Gasteiger partial charge in [-0.2, -0.15) is 0 Å². The van der Waals surface area contributed by atoms with Crippen molar-refractivity contribution < 1.29 is 9.53 Å². The monoisotopic (exact) mass is 413 g/mol. The first-order valence-corrected chi connectivity index (χ1v) is 9.53. The van der Waals surface area contributed by atoms with Crippen molar-refractivity contribution in [2.45, 2.75) is 32.4 Å². The van der Waals surface area contributed by atoms with Gasteiger partial charge in [0.25, 0.3) is 0 Å². The maximum absolute atomic E-state index is 12.6. The number of hydrogen-bond donors (Lipinski definition) is 0. The number of hydrogen-bond acceptors (Lipinski definition) is 3. The molecule has 0 spiro atoms. The van der Waals surface area contributed by atoms with Crippen molar-refractivity contribution in [3.63, 3.8) is 0 Å². The number of fused-ring (bicyclic) bond motifs is 1. The Morgan fingerprint density at radius 3 is 2.92 bits per heavy atom. The molecule has 5 nitrogen and oxygen atoms in total. The van der Waals surface area contributed by atoms with E-state index in [0.29, 0.717) is 13.2 Å². The first kappa shape index (κ1) is 17.1. The van der Waals surface area contributed by atoms with Crippen LogP contribution in [0.1, 0.15) is 35.7 Å². The van der Waals surface area contributed by atoms with E-state index in [1.54, 1.807) is 4.90 Å². The van der Waals surface area contributed by atoms with E-state index in [1.807, 2.05) is 60.1 Å². The third-order valence-electron chi connectivity index (χ3n) is 4.70. The van der Waals surface area contributed by atoms with Crippen LogP contribution in [0.2, 0.25) is 0 Å². The van der Waals surface area contributed by atoms with E-state index in [9.17, 15) is 4.79 Å². The van der Waals surface area contributed by atoms with Crippen molar-refractivity contribution in [2.75, 3.05) is 6.54 Å². The Hall–Kier alpha value is -2.34. The van der Waals surface area contributed by atoms with Gasteiger partial charge in [0.05, 0.1) is 16.2 Å². The normalized spacial score (nSPS) is 17.0. The fourth-order valence-electron chi connectivity index (χ4n) is 3.46. The average molecular weight is 414 g/mol. The molecule has 134 valence electrons. The van der Waals surface area contributed by atoms with Gasteiger partial charge in [0, 0.05) is 18.9 Å². The van der Waals surface area contributed by atoms with Crippen molar-refractivity contribution in [2.24, 2.45) is 0 Å². The molecule has 0 radical (unpaired) electrons. The summed E-state index contributed by atoms with van der Waals surface area (Å²) in [5, 5.41) is 0. The lowest BCUT2D eigenvalue weighted by Gasteiger charge is -2.22. The Balaban J connectivity index is 1.53. The van der Waals surface area contributed by atoms with Crippen LogP contribution in [0.5, 0.6) is 0 Å². The third kappa shape index (κ3) is 3.33. The quantitative estimate of drug-likeness (QED) is 0.614. The Morgan fingerprint density at radius 2 is 2.12 bits per heavy atom. The van der Waals surface area contributed by atoms with Gasteiger partial charge in [-0.3, -0.25) is 4.90 Å². The molecule has 1 atom stereocenters. The van der Waals surface area contributed by atoms with Crippen LogP contribution in [0.25, 0.3) is 5.65 Å². The fourth-order valence-corrected chi connectivity index (χ4v) is 4.12. The van der Waals surface area contributed by atoms with E-state index in [2.05, 4.69) is 15.9 Å². The van der Waals surface area contributed by atoms with Crippen molar-refractivity contribution in [1.82, 2.24) is 14.3 Å². The van der Waals surface area contributed by atoms with Crippen LogP contribution in [0, 0.1) is 6.92 Å². The van der Waals surface area contributed by atoms with E-state index in [-0.39, 0.29) is 12.1 Å². The standard InChI is InChI=1S/C20H20BrN3O2/c1-14-10-16(21)19-22-17(12-23(19)11-14)18-8-5-9-24(18)20(25)26-13-15-6-3-2-4-7-15/h2-4,6-7,10-12,18H,5,8-9,13H2,1H3/t18-/m0/s1. The van der Waals surface area contributed by atoms with E-state index >= 15 is 0 Å². The van der Waals surface area contributed by atoms with Gasteiger partial charge in [-0.15, -0.1) is 0 Å². The highest BCUT2D eigenvalue weighted by molar-refractivity contribution is 9.10. The summed E-state index contributed by atoms with van der Waals surface area (Å²) in [7, 11) is 0. The molecular weight excluding hydrogens is 394 g/mol. The highest BCUT2D eigenvalue weighted by Crippen LogP contribution is 2.33. The first-order valence-electron chi connectivity index (χ1n) is 8.74. The molecule has 6 heteroatoms. The van der Waals surface area contributed by atoms with Gasteiger partial charge < -0.3 is 9.14 Å². The van der Waals surface area contributed by atoms with Crippen LogP contribution >= 0.6 is 15.9 Å².